The Morgan fingerprint density at radius 2 is 2.18 bits per heavy atom. The molecule has 1 fully saturated rings. The minimum absolute atomic E-state index is 0.0718. The van der Waals surface area contributed by atoms with Gasteiger partial charge in [-0.3, -0.25) is 14.4 Å². The number of halogens is 1. The second kappa shape index (κ2) is 7.02. The van der Waals surface area contributed by atoms with Crippen LogP contribution in [-0.4, -0.2) is 30.3 Å². The summed E-state index contributed by atoms with van der Waals surface area (Å²) < 4.78 is 13.1. The maximum atomic E-state index is 13.1. The van der Waals surface area contributed by atoms with Gasteiger partial charge in [0.25, 0.3) is 0 Å². The van der Waals surface area contributed by atoms with Gasteiger partial charge in [-0.2, -0.15) is 0 Å². The fourth-order valence-corrected chi connectivity index (χ4v) is 2.17. The van der Waals surface area contributed by atoms with Crippen LogP contribution >= 0.6 is 0 Å². The fraction of sp³-hybridized carbons (Fsp3) is 0.400. The van der Waals surface area contributed by atoms with E-state index in [0.29, 0.717) is 18.5 Å². The van der Waals surface area contributed by atoms with Crippen LogP contribution in [0.3, 0.4) is 0 Å². The summed E-state index contributed by atoms with van der Waals surface area (Å²) in [7, 11) is 0. The van der Waals surface area contributed by atoms with E-state index < -0.39 is 11.9 Å². The van der Waals surface area contributed by atoms with Gasteiger partial charge in [0.05, 0.1) is 0 Å². The molecule has 0 aliphatic carbocycles. The third-order valence-electron chi connectivity index (χ3n) is 3.44. The van der Waals surface area contributed by atoms with Gasteiger partial charge in [0.1, 0.15) is 11.9 Å². The lowest BCUT2D eigenvalue weighted by molar-refractivity contribution is -0.126. The minimum atomic E-state index is -0.513. The van der Waals surface area contributed by atoms with E-state index in [1.807, 2.05) is 0 Å². The molecule has 22 heavy (non-hydrogen) atoms. The lowest BCUT2D eigenvalue weighted by atomic mass is 10.2. The van der Waals surface area contributed by atoms with Gasteiger partial charge in [0.2, 0.25) is 17.7 Å². The fourth-order valence-electron chi connectivity index (χ4n) is 2.17. The average Bonchev–Trinajstić information content (AvgIpc) is 2.89. The molecule has 3 N–H and O–H groups in total. The summed E-state index contributed by atoms with van der Waals surface area (Å²) in [5.41, 5.74) is 1.17. The van der Waals surface area contributed by atoms with E-state index in [9.17, 15) is 18.8 Å². The SMILES string of the molecule is Cc1ccc(F)cc1NC(=O)CCNC(=O)[C@@H]1CCC(=O)N1. The van der Waals surface area contributed by atoms with Crippen LogP contribution in [0, 0.1) is 12.7 Å². The number of nitrogens with one attached hydrogen (secondary N) is 3. The predicted octanol–water partition coefficient (Wildman–Crippen LogP) is 0.858. The lowest BCUT2D eigenvalue weighted by Gasteiger charge is -2.11. The molecule has 1 heterocycles. The van der Waals surface area contributed by atoms with Crippen LogP contribution in [0.5, 0.6) is 0 Å². The summed E-state index contributed by atoms with van der Waals surface area (Å²) in [6, 6.07) is 3.64. The van der Waals surface area contributed by atoms with Crippen LogP contribution in [0.4, 0.5) is 10.1 Å². The van der Waals surface area contributed by atoms with Crippen molar-refractivity contribution in [1.82, 2.24) is 10.6 Å². The zero-order valence-corrected chi connectivity index (χ0v) is 12.2. The molecule has 1 aromatic carbocycles. The monoisotopic (exact) mass is 307 g/mol. The maximum Gasteiger partial charge on any atom is 0.242 e. The number of amides is 3. The molecule has 0 saturated carbocycles. The summed E-state index contributed by atoms with van der Waals surface area (Å²) in [5, 5.41) is 7.75. The van der Waals surface area contributed by atoms with Gasteiger partial charge in [0, 0.05) is 25.1 Å². The number of carbonyl (C=O) groups excluding carboxylic acids is 3. The van der Waals surface area contributed by atoms with Crippen molar-refractivity contribution in [2.45, 2.75) is 32.2 Å². The summed E-state index contributed by atoms with van der Waals surface area (Å²) in [6.07, 6.45) is 0.888. The molecule has 0 unspecified atom stereocenters. The molecule has 0 aromatic heterocycles. The van der Waals surface area contributed by atoms with E-state index >= 15 is 0 Å². The van der Waals surface area contributed by atoms with Crippen LogP contribution in [0.2, 0.25) is 0 Å². The number of hydrogen-bond acceptors (Lipinski definition) is 3. The molecule has 1 saturated heterocycles. The predicted molar refractivity (Wildman–Crippen MR) is 78.6 cm³/mol. The molecular weight excluding hydrogens is 289 g/mol. The molecule has 1 aliphatic rings. The number of anilines is 1. The van der Waals surface area contributed by atoms with E-state index in [0.717, 1.165) is 5.56 Å². The summed E-state index contributed by atoms with van der Waals surface area (Å²) in [5.74, 6) is -1.17. The molecule has 3 amide bonds. The maximum absolute atomic E-state index is 13.1. The molecule has 118 valence electrons. The van der Waals surface area contributed by atoms with Crippen LogP contribution in [0.1, 0.15) is 24.8 Å². The zero-order valence-electron chi connectivity index (χ0n) is 12.2. The van der Waals surface area contributed by atoms with E-state index in [4.69, 9.17) is 0 Å². The first-order valence-electron chi connectivity index (χ1n) is 7.09. The van der Waals surface area contributed by atoms with Gasteiger partial charge in [-0.05, 0) is 31.0 Å². The van der Waals surface area contributed by atoms with Crippen molar-refractivity contribution >= 4 is 23.4 Å². The second-order valence-corrected chi connectivity index (χ2v) is 5.21. The Hall–Kier alpha value is -2.44. The van der Waals surface area contributed by atoms with E-state index in [1.165, 1.54) is 12.1 Å². The number of aryl methyl sites for hydroxylation is 1. The number of rotatable bonds is 5. The largest absolute Gasteiger partial charge is 0.354 e. The molecule has 1 atom stereocenters. The van der Waals surface area contributed by atoms with E-state index in [1.54, 1.807) is 13.0 Å². The van der Waals surface area contributed by atoms with Gasteiger partial charge in [-0.1, -0.05) is 6.07 Å². The third kappa shape index (κ3) is 4.28. The van der Waals surface area contributed by atoms with E-state index in [2.05, 4.69) is 16.0 Å². The average molecular weight is 307 g/mol. The Kier molecular flexibility index (Phi) is 5.08. The molecule has 0 bridgehead atoms. The highest BCUT2D eigenvalue weighted by Gasteiger charge is 2.26. The highest BCUT2D eigenvalue weighted by atomic mass is 19.1. The van der Waals surface area contributed by atoms with Gasteiger partial charge in [-0.15, -0.1) is 0 Å². The minimum Gasteiger partial charge on any atom is -0.354 e. The van der Waals surface area contributed by atoms with Crippen molar-refractivity contribution < 1.29 is 18.8 Å². The first-order chi connectivity index (χ1) is 10.5. The van der Waals surface area contributed by atoms with Crippen LogP contribution in [0.25, 0.3) is 0 Å². The van der Waals surface area contributed by atoms with Crippen molar-refractivity contribution in [2.75, 3.05) is 11.9 Å². The second-order valence-electron chi connectivity index (χ2n) is 5.21. The van der Waals surface area contributed by atoms with Crippen LogP contribution in [-0.2, 0) is 14.4 Å². The standard InChI is InChI=1S/C15H18FN3O3/c1-9-2-3-10(16)8-12(9)19-14(21)6-7-17-15(22)11-4-5-13(20)18-11/h2-3,8,11H,4-7H2,1H3,(H,17,22)(H,18,20)(H,19,21)/t11-/m0/s1. The quantitative estimate of drug-likeness (QED) is 0.754. The molecule has 1 aliphatic heterocycles. The Morgan fingerprint density at radius 1 is 1.41 bits per heavy atom. The third-order valence-corrected chi connectivity index (χ3v) is 3.44. The molecule has 0 spiro atoms. The Bertz CT molecular complexity index is 604. The molecule has 7 heteroatoms. The topological polar surface area (TPSA) is 87.3 Å². The number of hydrogen-bond donors (Lipinski definition) is 3. The Labute approximate surface area is 127 Å². The first kappa shape index (κ1) is 15.9. The number of benzene rings is 1. The van der Waals surface area contributed by atoms with Gasteiger partial charge < -0.3 is 16.0 Å². The van der Waals surface area contributed by atoms with Gasteiger partial charge in [-0.25, -0.2) is 4.39 Å². The normalized spacial score (nSPS) is 17.0. The van der Waals surface area contributed by atoms with Crippen molar-refractivity contribution in [3.8, 4) is 0 Å². The Morgan fingerprint density at radius 3 is 2.86 bits per heavy atom. The Balaban J connectivity index is 1.75. The molecule has 2 rings (SSSR count). The van der Waals surface area contributed by atoms with Gasteiger partial charge >= 0.3 is 0 Å². The molecule has 6 nitrogen and oxygen atoms in total. The molecular formula is C15H18FN3O3. The summed E-state index contributed by atoms with van der Waals surface area (Å²) in [4.78, 5) is 34.5. The van der Waals surface area contributed by atoms with E-state index in [-0.39, 0.29) is 30.7 Å². The van der Waals surface area contributed by atoms with Crippen molar-refractivity contribution in [2.24, 2.45) is 0 Å². The smallest absolute Gasteiger partial charge is 0.242 e. The lowest BCUT2D eigenvalue weighted by Crippen LogP contribution is -2.42. The van der Waals surface area contributed by atoms with Crippen molar-refractivity contribution in [3.63, 3.8) is 0 Å². The van der Waals surface area contributed by atoms with Crippen molar-refractivity contribution in [3.05, 3.63) is 29.6 Å². The highest BCUT2D eigenvalue weighted by molar-refractivity contribution is 5.93. The molecule has 0 radical (unpaired) electrons. The van der Waals surface area contributed by atoms with Crippen LogP contribution < -0.4 is 16.0 Å². The summed E-state index contributed by atoms with van der Waals surface area (Å²) in [6.45, 7) is 1.92. The van der Waals surface area contributed by atoms with Gasteiger partial charge in [0.15, 0.2) is 0 Å². The van der Waals surface area contributed by atoms with Crippen LogP contribution in [0.15, 0.2) is 18.2 Å². The molecule has 1 aromatic rings. The number of carbonyl (C=O) groups is 3. The summed E-state index contributed by atoms with van der Waals surface area (Å²) >= 11 is 0. The van der Waals surface area contributed by atoms with Crippen molar-refractivity contribution in [1.29, 1.82) is 0 Å². The zero-order chi connectivity index (χ0) is 16.1. The highest BCUT2D eigenvalue weighted by Crippen LogP contribution is 2.16. The first-order valence-corrected chi connectivity index (χ1v) is 7.09.